The SMILES string of the molecule is COc1ccc(-c2nc(C#N)c(NCc3ccccc3OC)o2)cc1. The Balaban J connectivity index is 1.82. The summed E-state index contributed by atoms with van der Waals surface area (Å²) >= 11 is 0. The first-order valence-corrected chi connectivity index (χ1v) is 7.66. The maximum atomic E-state index is 9.30. The van der Waals surface area contributed by atoms with Gasteiger partial charge >= 0.3 is 0 Å². The van der Waals surface area contributed by atoms with Crippen molar-refractivity contribution in [3.05, 3.63) is 59.8 Å². The van der Waals surface area contributed by atoms with E-state index in [4.69, 9.17) is 13.9 Å². The number of nitrogens with one attached hydrogen (secondary N) is 1. The molecule has 25 heavy (non-hydrogen) atoms. The van der Waals surface area contributed by atoms with Crippen LogP contribution in [0.2, 0.25) is 0 Å². The maximum absolute atomic E-state index is 9.30. The monoisotopic (exact) mass is 335 g/mol. The summed E-state index contributed by atoms with van der Waals surface area (Å²) < 4.78 is 16.2. The van der Waals surface area contributed by atoms with Gasteiger partial charge in [0.2, 0.25) is 17.5 Å². The average molecular weight is 335 g/mol. The van der Waals surface area contributed by atoms with E-state index in [1.807, 2.05) is 54.6 Å². The number of nitriles is 1. The predicted molar refractivity (Wildman–Crippen MR) is 93.5 cm³/mol. The minimum atomic E-state index is 0.209. The molecule has 6 nitrogen and oxygen atoms in total. The molecule has 0 bridgehead atoms. The number of hydrogen-bond acceptors (Lipinski definition) is 6. The number of anilines is 1. The molecule has 1 aromatic heterocycles. The van der Waals surface area contributed by atoms with E-state index in [0.717, 1.165) is 22.6 Å². The van der Waals surface area contributed by atoms with Crippen LogP contribution in [0.1, 0.15) is 11.3 Å². The lowest BCUT2D eigenvalue weighted by atomic mass is 10.2. The quantitative estimate of drug-likeness (QED) is 0.737. The zero-order valence-electron chi connectivity index (χ0n) is 13.9. The summed E-state index contributed by atoms with van der Waals surface area (Å²) in [4.78, 5) is 4.25. The fourth-order valence-electron chi connectivity index (χ4n) is 2.40. The molecule has 0 unspecified atom stereocenters. The number of ether oxygens (including phenoxy) is 2. The lowest BCUT2D eigenvalue weighted by Gasteiger charge is -2.08. The molecule has 126 valence electrons. The Morgan fingerprint density at radius 1 is 1.08 bits per heavy atom. The Hall–Kier alpha value is -3.46. The van der Waals surface area contributed by atoms with Gasteiger partial charge in [-0.2, -0.15) is 10.2 Å². The highest BCUT2D eigenvalue weighted by molar-refractivity contribution is 5.59. The van der Waals surface area contributed by atoms with Crippen molar-refractivity contribution in [3.8, 4) is 29.0 Å². The molecular formula is C19H17N3O3. The van der Waals surface area contributed by atoms with Crippen LogP contribution in [-0.2, 0) is 6.54 Å². The molecule has 6 heteroatoms. The van der Waals surface area contributed by atoms with E-state index in [-0.39, 0.29) is 5.69 Å². The largest absolute Gasteiger partial charge is 0.497 e. The van der Waals surface area contributed by atoms with Crippen molar-refractivity contribution < 1.29 is 13.9 Å². The molecule has 0 atom stereocenters. The number of oxazole rings is 1. The fraction of sp³-hybridized carbons (Fsp3) is 0.158. The Morgan fingerprint density at radius 3 is 2.52 bits per heavy atom. The Bertz CT molecular complexity index is 895. The smallest absolute Gasteiger partial charge is 0.232 e. The van der Waals surface area contributed by atoms with Crippen molar-refractivity contribution in [2.24, 2.45) is 0 Å². The van der Waals surface area contributed by atoms with Crippen LogP contribution in [-0.4, -0.2) is 19.2 Å². The van der Waals surface area contributed by atoms with Gasteiger partial charge in [0.25, 0.3) is 0 Å². The van der Waals surface area contributed by atoms with Crippen LogP contribution < -0.4 is 14.8 Å². The minimum absolute atomic E-state index is 0.209. The van der Waals surface area contributed by atoms with Gasteiger partial charge < -0.3 is 19.2 Å². The van der Waals surface area contributed by atoms with Gasteiger partial charge in [-0.15, -0.1) is 0 Å². The second-order valence-corrected chi connectivity index (χ2v) is 5.20. The molecule has 0 spiro atoms. The molecule has 0 radical (unpaired) electrons. The highest BCUT2D eigenvalue weighted by atomic mass is 16.5. The number of nitrogens with zero attached hydrogens (tertiary/aromatic N) is 2. The minimum Gasteiger partial charge on any atom is -0.497 e. The lowest BCUT2D eigenvalue weighted by Crippen LogP contribution is -2.02. The van der Waals surface area contributed by atoms with Crippen LogP contribution in [0.4, 0.5) is 5.88 Å². The third-order valence-electron chi connectivity index (χ3n) is 3.70. The first-order valence-electron chi connectivity index (χ1n) is 7.66. The topological polar surface area (TPSA) is 80.3 Å². The van der Waals surface area contributed by atoms with Crippen molar-refractivity contribution >= 4 is 5.88 Å². The van der Waals surface area contributed by atoms with Crippen LogP contribution in [0.5, 0.6) is 11.5 Å². The molecule has 1 heterocycles. The van der Waals surface area contributed by atoms with E-state index in [0.29, 0.717) is 18.3 Å². The Kier molecular flexibility index (Phi) is 4.86. The number of hydrogen-bond donors (Lipinski definition) is 1. The summed E-state index contributed by atoms with van der Waals surface area (Å²) in [6, 6.07) is 17.0. The van der Waals surface area contributed by atoms with Gasteiger partial charge in [0.15, 0.2) is 0 Å². The van der Waals surface area contributed by atoms with E-state index in [1.165, 1.54) is 0 Å². The molecule has 0 saturated heterocycles. The Labute approximate surface area is 145 Å². The molecule has 0 fully saturated rings. The van der Waals surface area contributed by atoms with Gasteiger partial charge in [-0.3, -0.25) is 0 Å². The molecule has 3 aromatic rings. The van der Waals surface area contributed by atoms with Gasteiger partial charge in [-0.1, -0.05) is 18.2 Å². The summed E-state index contributed by atoms with van der Waals surface area (Å²) in [5.41, 5.74) is 1.93. The van der Waals surface area contributed by atoms with Gasteiger partial charge in [-0.05, 0) is 30.3 Å². The van der Waals surface area contributed by atoms with E-state index in [1.54, 1.807) is 14.2 Å². The van der Waals surface area contributed by atoms with Crippen molar-refractivity contribution in [1.82, 2.24) is 4.98 Å². The zero-order chi connectivity index (χ0) is 17.6. The van der Waals surface area contributed by atoms with Gasteiger partial charge in [0.05, 0.1) is 14.2 Å². The number of benzene rings is 2. The molecule has 0 aliphatic rings. The molecular weight excluding hydrogens is 318 g/mol. The van der Waals surface area contributed by atoms with Crippen molar-refractivity contribution in [2.45, 2.75) is 6.54 Å². The molecule has 0 aliphatic carbocycles. The third-order valence-corrected chi connectivity index (χ3v) is 3.70. The number of methoxy groups -OCH3 is 2. The van der Waals surface area contributed by atoms with Gasteiger partial charge in [0.1, 0.15) is 17.6 Å². The summed E-state index contributed by atoms with van der Waals surface area (Å²) in [7, 11) is 3.23. The van der Waals surface area contributed by atoms with Crippen LogP contribution in [0.3, 0.4) is 0 Å². The maximum Gasteiger partial charge on any atom is 0.232 e. The second kappa shape index (κ2) is 7.41. The van der Waals surface area contributed by atoms with E-state index < -0.39 is 0 Å². The highest BCUT2D eigenvalue weighted by Crippen LogP contribution is 2.28. The van der Waals surface area contributed by atoms with E-state index in [2.05, 4.69) is 10.3 Å². The highest BCUT2D eigenvalue weighted by Gasteiger charge is 2.15. The van der Waals surface area contributed by atoms with Crippen LogP contribution >= 0.6 is 0 Å². The number of aromatic nitrogens is 1. The van der Waals surface area contributed by atoms with E-state index in [9.17, 15) is 5.26 Å². The average Bonchev–Trinajstić information content (AvgIpc) is 3.10. The van der Waals surface area contributed by atoms with Crippen LogP contribution in [0, 0.1) is 11.3 Å². The third kappa shape index (κ3) is 3.56. The van der Waals surface area contributed by atoms with Gasteiger partial charge in [0, 0.05) is 17.7 Å². The summed E-state index contributed by atoms with van der Waals surface area (Å²) in [6.45, 7) is 0.454. The summed E-state index contributed by atoms with van der Waals surface area (Å²) in [6.07, 6.45) is 0. The predicted octanol–water partition coefficient (Wildman–Crippen LogP) is 3.84. The van der Waals surface area contributed by atoms with Crippen LogP contribution in [0.15, 0.2) is 52.9 Å². The molecule has 1 N–H and O–H groups in total. The van der Waals surface area contributed by atoms with Crippen molar-refractivity contribution in [3.63, 3.8) is 0 Å². The van der Waals surface area contributed by atoms with E-state index >= 15 is 0 Å². The standard InChI is InChI=1S/C19H17N3O3/c1-23-15-9-7-13(8-10-15)18-22-16(11-20)19(25-18)21-12-14-5-3-4-6-17(14)24-2/h3-10,21H,12H2,1-2H3. The number of para-hydroxylation sites is 1. The molecule has 2 aromatic carbocycles. The summed E-state index contributed by atoms with van der Waals surface area (Å²) in [5.74, 6) is 2.22. The fourth-order valence-corrected chi connectivity index (χ4v) is 2.40. The normalized spacial score (nSPS) is 10.1. The molecule has 0 saturated carbocycles. The van der Waals surface area contributed by atoms with Gasteiger partial charge in [-0.25, -0.2) is 0 Å². The number of rotatable bonds is 6. The van der Waals surface area contributed by atoms with Crippen LogP contribution in [0.25, 0.3) is 11.5 Å². The van der Waals surface area contributed by atoms with Crippen molar-refractivity contribution in [2.75, 3.05) is 19.5 Å². The van der Waals surface area contributed by atoms with Crippen molar-refractivity contribution in [1.29, 1.82) is 5.26 Å². The summed E-state index contributed by atoms with van der Waals surface area (Å²) in [5, 5.41) is 12.4. The molecule has 0 aliphatic heterocycles. The lowest BCUT2D eigenvalue weighted by molar-refractivity contribution is 0.410. The molecule has 0 amide bonds. The first kappa shape index (κ1) is 16.4. The first-order chi connectivity index (χ1) is 12.2. The molecule has 3 rings (SSSR count). The second-order valence-electron chi connectivity index (χ2n) is 5.20. The zero-order valence-corrected chi connectivity index (χ0v) is 13.9. The Morgan fingerprint density at radius 2 is 1.84 bits per heavy atom.